The minimum atomic E-state index is -1.32. The Kier molecular flexibility index (Phi) is 8.43. The third-order valence-electron chi connectivity index (χ3n) is 9.74. The van der Waals surface area contributed by atoms with Gasteiger partial charge in [0.05, 0.1) is 19.1 Å². The van der Waals surface area contributed by atoms with Gasteiger partial charge in [0.1, 0.15) is 11.6 Å². The van der Waals surface area contributed by atoms with Crippen LogP contribution < -0.4 is 10.6 Å². The number of benzene rings is 2. The van der Waals surface area contributed by atoms with Gasteiger partial charge in [-0.3, -0.25) is 9.59 Å². The van der Waals surface area contributed by atoms with E-state index in [4.69, 9.17) is 14.6 Å². The van der Waals surface area contributed by atoms with Crippen LogP contribution in [0.15, 0.2) is 60.8 Å². The Hall–Kier alpha value is -3.85. The van der Waals surface area contributed by atoms with E-state index < -0.39 is 23.7 Å². The molecule has 228 valence electrons. The molecule has 1 aromatic heterocycles. The lowest BCUT2D eigenvalue weighted by atomic mass is 9.55. The van der Waals surface area contributed by atoms with Crippen LogP contribution in [0.2, 0.25) is 0 Å². The molecule has 1 heterocycles. The molecule has 7 rings (SSSR count). The Balaban J connectivity index is 1.19. The van der Waals surface area contributed by atoms with Crippen LogP contribution in [0.1, 0.15) is 62.7 Å². The van der Waals surface area contributed by atoms with Crippen LogP contribution in [-0.4, -0.2) is 52.9 Å². The number of carboxylic acid groups (broad SMARTS) is 1. The van der Waals surface area contributed by atoms with Crippen molar-refractivity contribution in [2.45, 2.75) is 69.6 Å². The monoisotopic (exact) mass is 587 g/mol. The SMILES string of the molecule is C[C@](Cc1c[nH]c2ccccc12)(NC(=O)OC1C2CC3CC(C2)CC1C3)C(=O)NC[C@H](OCCC(=O)O)c1ccccc1. The average molecular weight is 588 g/mol. The highest BCUT2D eigenvalue weighted by molar-refractivity contribution is 5.91. The molecule has 2 aromatic carbocycles. The highest BCUT2D eigenvalue weighted by Gasteiger charge is 2.50. The number of hydrogen-bond acceptors (Lipinski definition) is 5. The van der Waals surface area contributed by atoms with E-state index in [9.17, 15) is 14.4 Å². The zero-order valence-corrected chi connectivity index (χ0v) is 24.6. The predicted molar refractivity (Wildman–Crippen MR) is 161 cm³/mol. The van der Waals surface area contributed by atoms with Crippen molar-refractivity contribution < 1.29 is 29.0 Å². The number of aliphatic carboxylic acids is 1. The van der Waals surface area contributed by atoms with E-state index in [1.54, 1.807) is 6.92 Å². The number of aromatic amines is 1. The van der Waals surface area contributed by atoms with Gasteiger partial charge in [0.15, 0.2) is 0 Å². The fraction of sp³-hybridized carbons (Fsp3) is 0.500. The Labute approximate surface area is 251 Å². The minimum Gasteiger partial charge on any atom is -0.481 e. The number of carboxylic acids is 1. The number of carbonyl (C=O) groups is 3. The first-order valence-electron chi connectivity index (χ1n) is 15.5. The van der Waals surface area contributed by atoms with Crippen molar-refractivity contribution in [2.24, 2.45) is 23.7 Å². The van der Waals surface area contributed by atoms with Crippen LogP contribution in [0.4, 0.5) is 4.79 Å². The van der Waals surface area contributed by atoms with E-state index in [1.807, 2.05) is 60.8 Å². The number of ether oxygens (including phenoxy) is 2. The number of alkyl carbamates (subject to hydrolysis) is 1. The van der Waals surface area contributed by atoms with Gasteiger partial charge in [-0.05, 0) is 79.9 Å². The molecule has 9 heteroatoms. The van der Waals surface area contributed by atoms with Crippen LogP contribution in [0, 0.1) is 23.7 Å². The summed E-state index contributed by atoms with van der Waals surface area (Å²) in [4.78, 5) is 41.8. The van der Waals surface area contributed by atoms with Crippen molar-refractivity contribution in [2.75, 3.05) is 13.2 Å². The topological polar surface area (TPSA) is 130 Å². The molecule has 0 aliphatic heterocycles. The van der Waals surface area contributed by atoms with E-state index in [0.717, 1.165) is 59.5 Å². The van der Waals surface area contributed by atoms with Crippen LogP contribution in [-0.2, 0) is 25.5 Å². The molecular formula is C34H41N3O6. The Bertz CT molecular complexity index is 1430. The molecule has 2 atom stereocenters. The molecule has 4 aliphatic carbocycles. The van der Waals surface area contributed by atoms with Crippen molar-refractivity contribution in [1.82, 2.24) is 15.6 Å². The van der Waals surface area contributed by atoms with Gasteiger partial charge in [0, 0.05) is 30.1 Å². The van der Waals surface area contributed by atoms with Gasteiger partial charge < -0.3 is 30.2 Å². The predicted octanol–water partition coefficient (Wildman–Crippen LogP) is 5.37. The number of nitrogens with one attached hydrogen (secondary N) is 3. The number of H-pyrrole nitrogens is 1. The van der Waals surface area contributed by atoms with Gasteiger partial charge in [-0.2, -0.15) is 0 Å². The van der Waals surface area contributed by atoms with Crippen molar-refractivity contribution in [1.29, 1.82) is 0 Å². The van der Waals surface area contributed by atoms with E-state index >= 15 is 0 Å². The van der Waals surface area contributed by atoms with Gasteiger partial charge >= 0.3 is 12.1 Å². The lowest BCUT2D eigenvalue weighted by molar-refractivity contribution is -0.139. The molecule has 0 spiro atoms. The third kappa shape index (κ3) is 6.56. The molecule has 4 saturated carbocycles. The second kappa shape index (κ2) is 12.4. The molecule has 3 aromatic rings. The Morgan fingerprint density at radius 1 is 0.977 bits per heavy atom. The smallest absolute Gasteiger partial charge is 0.408 e. The summed E-state index contributed by atoms with van der Waals surface area (Å²) >= 11 is 0. The molecule has 0 saturated heterocycles. The van der Waals surface area contributed by atoms with E-state index in [1.165, 1.54) is 6.42 Å². The number of rotatable bonds is 12. The summed E-state index contributed by atoms with van der Waals surface area (Å²) < 4.78 is 12.0. The zero-order valence-electron chi connectivity index (χ0n) is 24.6. The van der Waals surface area contributed by atoms with Crippen LogP contribution in [0.3, 0.4) is 0 Å². The Morgan fingerprint density at radius 2 is 1.65 bits per heavy atom. The summed E-state index contributed by atoms with van der Waals surface area (Å²) in [6, 6.07) is 17.2. The van der Waals surface area contributed by atoms with Crippen molar-refractivity contribution in [3.63, 3.8) is 0 Å². The molecule has 0 unspecified atom stereocenters. The number of carbonyl (C=O) groups excluding carboxylic acids is 2. The van der Waals surface area contributed by atoms with Gasteiger partial charge in [-0.15, -0.1) is 0 Å². The van der Waals surface area contributed by atoms with E-state index in [0.29, 0.717) is 11.8 Å². The lowest BCUT2D eigenvalue weighted by Gasteiger charge is -2.53. The maximum atomic E-state index is 14.0. The van der Waals surface area contributed by atoms with E-state index in [2.05, 4.69) is 15.6 Å². The first kappa shape index (κ1) is 29.2. The number of hydrogen-bond donors (Lipinski definition) is 4. The number of para-hydroxylation sites is 1. The van der Waals surface area contributed by atoms with Crippen LogP contribution in [0.25, 0.3) is 10.9 Å². The van der Waals surface area contributed by atoms with Crippen LogP contribution >= 0.6 is 0 Å². The summed E-state index contributed by atoms with van der Waals surface area (Å²) in [5, 5.41) is 16.0. The van der Waals surface area contributed by atoms with E-state index in [-0.39, 0.29) is 38.0 Å². The molecule has 4 fully saturated rings. The zero-order chi connectivity index (χ0) is 30.0. The van der Waals surface area contributed by atoms with Gasteiger partial charge in [0.2, 0.25) is 5.91 Å². The third-order valence-corrected chi connectivity index (χ3v) is 9.74. The summed E-state index contributed by atoms with van der Waals surface area (Å²) in [6.45, 7) is 1.84. The first-order valence-corrected chi connectivity index (χ1v) is 15.5. The summed E-state index contributed by atoms with van der Waals surface area (Å²) in [5.74, 6) is 1.01. The molecule has 43 heavy (non-hydrogen) atoms. The number of amides is 2. The maximum Gasteiger partial charge on any atom is 0.408 e. The fourth-order valence-corrected chi connectivity index (χ4v) is 7.90. The van der Waals surface area contributed by atoms with Gasteiger partial charge in [-0.1, -0.05) is 48.5 Å². The van der Waals surface area contributed by atoms with Crippen LogP contribution in [0.5, 0.6) is 0 Å². The normalized spacial score (nSPS) is 26.0. The Morgan fingerprint density at radius 3 is 2.35 bits per heavy atom. The highest BCUT2D eigenvalue weighted by Crippen LogP contribution is 2.54. The largest absolute Gasteiger partial charge is 0.481 e. The number of aromatic nitrogens is 1. The first-order chi connectivity index (χ1) is 20.8. The van der Waals surface area contributed by atoms with Gasteiger partial charge in [0.25, 0.3) is 0 Å². The molecule has 4 aliphatic rings. The minimum absolute atomic E-state index is 0.00733. The van der Waals surface area contributed by atoms with Gasteiger partial charge in [-0.25, -0.2) is 4.79 Å². The summed E-state index contributed by atoms with van der Waals surface area (Å²) in [5.41, 5.74) is 1.35. The van der Waals surface area contributed by atoms with Crippen molar-refractivity contribution in [3.8, 4) is 0 Å². The quantitative estimate of drug-likeness (QED) is 0.226. The lowest BCUT2D eigenvalue weighted by Crippen LogP contribution is -2.60. The second-order valence-corrected chi connectivity index (χ2v) is 12.9. The molecule has 4 N–H and O–H groups in total. The molecule has 2 amide bonds. The summed E-state index contributed by atoms with van der Waals surface area (Å²) in [6.07, 6.45) is 6.58. The fourth-order valence-electron chi connectivity index (χ4n) is 7.90. The maximum absolute atomic E-state index is 14.0. The highest BCUT2D eigenvalue weighted by atomic mass is 16.6. The molecular weight excluding hydrogens is 546 g/mol. The molecule has 9 nitrogen and oxygen atoms in total. The molecule has 0 radical (unpaired) electrons. The number of fused-ring (bicyclic) bond motifs is 1. The summed E-state index contributed by atoms with van der Waals surface area (Å²) in [7, 11) is 0. The van der Waals surface area contributed by atoms with Crippen molar-refractivity contribution >= 4 is 28.9 Å². The average Bonchev–Trinajstić information content (AvgIpc) is 3.38. The van der Waals surface area contributed by atoms with Crippen molar-refractivity contribution in [3.05, 3.63) is 71.9 Å². The second-order valence-electron chi connectivity index (χ2n) is 12.9. The molecule has 4 bridgehead atoms. The standard InChI is InChI=1S/C34H41N3O6/c1-34(18-26-19-35-28-10-6-5-9-27(26)28,37-33(41)43-31-24-14-21-13-22(16-24)17-25(31)15-21)32(40)36-20-29(42-12-11-30(38)39)23-7-3-2-4-8-23/h2-10,19,21-22,24-25,29,31,35H,11-18,20H2,1H3,(H,36,40)(H,37,41)(H,38,39)/t21?,22?,24?,25?,29-,31?,34+/m0/s1.